The standard InChI is InChI=1S/C12H13N3O3/c1-15-5-4-8(14-15)7-18-9-2-3-10(12(16)17)11(13)6-9/h2-6H,7,13H2,1H3,(H,16,17). The summed E-state index contributed by atoms with van der Waals surface area (Å²) in [6.07, 6.45) is 1.82. The van der Waals surface area contributed by atoms with E-state index in [1.807, 2.05) is 19.3 Å². The predicted octanol–water partition coefficient (Wildman–Crippen LogP) is 1.28. The molecule has 0 unspecified atom stereocenters. The minimum atomic E-state index is -1.05. The number of aromatic carboxylic acids is 1. The van der Waals surface area contributed by atoms with Gasteiger partial charge in [0.2, 0.25) is 0 Å². The van der Waals surface area contributed by atoms with Crippen molar-refractivity contribution in [2.45, 2.75) is 6.61 Å². The Bertz CT molecular complexity index is 578. The third-order valence-corrected chi connectivity index (χ3v) is 2.41. The number of carbonyl (C=O) groups is 1. The largest absolute Gasteiger partial charge is 0.487 e. The van der Waals surface area contributed by atoms with Gasteiger partial charge in [0, 0.05) is 25.0 Å². The highest BCUT2D eigenvalue weighted by molar-refractivity contribution is 5.93. The summed E-state index contributed by atoms with van der Waals surface area (Å²) < 4.78 is 7.15. The summed E-state index contributed by atoms with van der Waals surface area (Å²) in [6.45, 7) is 0.312. The van der Waals surface area contributed by atoms with Crippen LogP contribution in [0.25, 0.3) is 0 Å². The number of aryl methyl sites for hydroxylation is 1. The number of hydrogen-bond acceptors (Lipinski definition) is 4. The lowest BCUT2D eigenvalue weighted by atomic mass is 10.2. The molecule has 0 radical (unpaired) electrons. The van der Waals surface area contributed by atoms with Crippen LogP contribution in [-0.2, 0) is 13.7 Å². The number of aromatic nitrogens is 2. The summed E-state index contributed by atoms with van der Waals surface area (Å²) in [7, 11) is 1.82. The second-order valence-corrected chi connectivity index (χ2v) is 3.82. The number of ether oxygens (including phenoxy) is 1. The Labute approximate surface area is 104 Å². The van der Waals surface area contributed by atoms with Crippen molar-refractivity contribution in [2.75, 3.05) is 5.73 Å². The molecule has 2 aromatic rings. The molecule has 0 spiro atoms. The summed E-state index contributed by atoms with van der Waals surface area (Å²) in [6, 6.07) is 6.33. The maximum Gasteiger partial charge on any atom is 0.337 e. The van der Waals surface area contributed by atoms with Gasteiger partial charge in [0.25, 0.3) is 0 Å². The van der Waals surface area contributed by atoms with Gasteiger partial charge >= 0.3 is 5.97 Å². The Kier molecular flexibility index (Phi) is 3.18. The number of anilines is 1. The van der Waals surface area contributed by atoms with Crippen molar-refractivity contribution in [3.63, 3.8) is 0 Å². The minimum Gasteiger partial charge on any atom is -0.487 e. The number of nitrogen functional groups attached to an aromatic ring is 1. The van der Waals surface area contributed by atoms with Crippen LogP contribution < -0.4 is 10.5 Å². The lowest BCUT2D eigenvalue weighted by Crippen LogP contribution is -2.03. The number of benzene rings is 1. The Morgan fingerprint density at radius 2 is 2.28 bits per heavy atom. The van der Waals surface area contributed by atoms with Crippen molar-refractivity contribution < 1.29 is 14.6 Å². The first-order valence-corrected chi connectivity index (χ1v) is 5.30. The van der Waals surface area contributed by atoms with Crippen LogP contribution in [0.15, 0.2) is 30.5 Å². The quantitative estimate of drug-likeness (QED) is 0.794. The van der Waals surface area contributed by atoms with Gasteiger partial charge in [-0.3, -0.25) is 4.68 Å². The molecule has 1 aromatic heterocycles. The number of carboxylic acids is 1. The molecule has 0 aliphatic heterocycles. The van der Waals surface area contributed by atoms with E-state index in [-0.39, 0.29) is 11.3 Å². The Hall–Kier alpha value is -2.50. The van der Waals surface area contributed by atoms with Crippen LogP contribution in [0.3, 0.4) is 0 Å². The summed E-state index contributed by atoms with van der Waals surface area (Å²) in [5.74, 6) is -0.535. The van der Waals surface area contributed by atoms with E-state index in [1.165, 1.54) is 12.1 Å². The first-order valence-electron chi connectivity index (χ1n) is 5.30. The first-order chi connectivity index (χ1) is 8.56. The van der Waals surface area contributed by atoms with E-state index in [0.29, 0.717) is 12.4 Å². The maximum absolute atomic E-state index is 10.8. The maximum atomic E-state index is 10.8. The highest BCUT2D eigenvalue weighted by Gasteiger charge is 2.08. The highest BCUT2D eigenvalue weighted by Crippen LogP contribution is 2.20. The number of rotatable bonds is 4. The second kappa shape index (κ2) is 4.79. The predicted molar refractivity (Wildman–Crippen MR) is 65.4 cm³/mol. The van der Waals surface area contributed by atoms with Crippen molar-refractivity contribution in [1.29, 1.82) is 0 Å². The van der Waals surface area contributed by atoms with E-state index in [1.54, 1.807) is 10.7 Å². The molecule has 0 saturated heterocycles. The minimum absolute atomic E-state index is 0.0696. The first kappa shape index (κ1) is 12.0. The van der Waals surface area contributed by atoms with E-state index in [0.717, 1.165) is 5.69 Å². The van der Waals surface area contributed by atoms with Gasteiger partial charge in [-0.15, -0.1) is 0 Å². The van der Waals surface area contributed by atoms with Crippen LogP contribution in [0.5, 0.6) is 5.75 Å². The van der Waals surface area contributed by atoms with Crippen LogP contribution in [0.4, 0.5) is 5.69 Å². The molecule has 1 heterocycles. The molecule has 0 fully saturated rings. The monoisotopic (exact) mass is 247 g/mol. The van der Waals surface area contributed by atoms with Crippen LogP contribution >= 0.6 is 0 Å². The summed E-state index contributed by atoms with van der Waals surface area (Å²) >= 11 is 0. The number of nitrogens with zero attached hydrogens (tertiary/aromatic N) is 2. The van der Waals surface area contributed by atoms with Gasteiger partial charge in [0.1, 0.15) is 12.4 Å². The summed E-state index contributed by atoms with van der Waals surface area (Å²) in [5.41, 5.74) is 6.66. The SMILES string of the molecule is Cn1ccc(COc2ccc(C(=O)O)c(N)c2)n1. The van der Waals surface area contributed by atoms with E-state index < -0.39 is 5.97 Å². The normalized spacial score (nSPS) is 10.3. The molecule has 0 aliphatic rings. The van der Waals surface area contributed by atoms with Crippen molar-refractivity contribution in [3.8, 4) is 5.75 Å². The van der Waals surface area contributed by atoms with E-state index >= 15 is 0 Å². The number of carboxylic acid groups (broad SMARTS) is 1. The topological polar surface area (TPSA) is 90.4 Å². The molecule has 6 nitrogen and oxygen atoms in total. The number of hydrogen-bond donors (Lipinski definition) is 2. The van der Waals surface area contributed by atoms with E-state index in [4.69, 9.17) is 15.6 Å². The molecule has 6 heteroatoms. The van der Waals surface area contributed by atoms with E-state index in [9.17, 15) is 4.79 Å². The fourth-order valence-electron chi connectivity index (χ4n) is 1.52. The Morgan fingerprint density at radius 1 is 1.50 bits per heavy atom. The summed E-state index contributed by atoms with van der Waals surface area (Å²) in [4.78, 5) is 10.8. The fraction of sp³-hybridized carbons (Fsp3) is 0.167. The molecule has 3 N–H and O–H groups in total. The molecule has 18 heavy (non-hydrogen) atoms. The van der Waals surface area contributed by atoms with Gasteiger partial charge in [-0.1, -0.05) is 0 Å². The molecule has 2 rings (SSSR count). The molecule has 0 amide bonds. The molecule has 94 valence electrons. The molecule has 0 atom stereocenters. The van der Waals surface area contributed by atoms with Crippen LogP contribution in [0.1, 0.15) is 16.1 Å². The van der Waals surface area contributed by atoms with Crippen molar-refractivity contribution in [3.05, 3.63) is 41.7 Å². The zero-order chi connectivity index (χ0) is 13.1. The zero-order valence-electron chi connectivity index (χ0n) is 9.83. The van der Waals surface area contributed by atoms with Crippen molar-refractivity contribution >= 4 is 11.7 Å². The van der Waals surface area contributed by atoms with Crippen LogP contribution in [-0.4, -0.2) is 20.9 Å². The van der Waals surface area contributed by atoms with Gasteiger partial charge in [-0.2, -0.15) is 5.10 Å². The van der Waals surface area contributed by atoms with Gasteiger partial charge in [0.05, 0.1) is 11.3 Å². The van der Waals surface area contributed by atoms with Crippen LogP contribution in [0, 0.1) is 0 Å². The molecular weight excluding hydrogens is 234 g/mol. The van der Waals surface area contributed by atoms with Crippen molar-refractivity contribution in [2.24, 2.45) is 7.05 Å². The Morgan fingerprint density at radius 3 is 2.83 bits per heavy atom. The molecule has 0 aliphatic carbocycles. The average Bonchev–Trinajstić information content (AvgIpc) is 2.72. The van der Waals surface area contributed by atoms with E-state index in [2.05, 4.69) is 5.10 Å². The average molecular weight is 247 g/mol. The molecule has 0 saturated carbocycles. The fourth-order valence-corrected chi connectivity index (χ4v) is 1.52. The van der Waals surface area contributed by atoms with Crippen molar-refractivity contribution in [1.82, 2.24) is 9.78 Å². The molecular formula is C12H13N3O3. The molecule has 1 aromatic carbocycles. The Balaban J connectivity index is 2.06. The third kappa shape index (κ3) is 2.60. The molecule has 0 bridgehead atoms. The smallest absolute Gasteiger partial charge is 0.337 e. The van der Waals surface area contributed by atoms with Crippen LogP contribution in [0.2, 0.25) is 0 Å². The van der Waals surface area contributed by atoms with Gasteiger partial charge in [-0.05, 0) is 18.2 Å². The zero-order valence-corrected chi connectivity index (χ0v) is 9.83. The van der Waals surface area contributed by atoms with Gasteiger partial charge in [0.15, 0.2) is 0 Å². The highest BCUT2D eigenvalue weighted by atomic mass is 16.5. The summed E-state index contributed by atoms with van der Waals surface area (Å²) in [5, 5.41) is 13.0. The second-order valence-electron chi connectivity index (χ2n) is 3.82. The lowest BCUT2D eigenvalue weighted by molar-refractivity contribution is 0.0698. The third-order valence-electron chi connectivity index (χ3n) is 2.41. The van der Waals surface area contributed by atoms with Gasteiger partial charge in [-0.25, -0.2) is 4.79 Å². The van der Waals surface area contributed by atoms with Gasteiger partial charge < -0.3 is 15.6 Å². The number of nitrogens with two attached hydrogens (primary N) is 1. The lowest BCUT2D eigenvalue weighted by Gasteiger charge is -2.06.